The zero-order valence-corrected chi connectivity index (χ0v) is 17.1. The van der Waals surface area contributed by atoms with Gasteiger partial charge in [-0.1, -0.05) is 0 Å². The van der Waals surface area contributed by atoms with Crippen LogP contribution in [0, 0.1) is 0 Å². The fraction of sp³-hybridized carbons (Fsp3) is 0.524. The lowest BCUT2D eigenvalue weighted by atomic mass is 10.0. The van der Waals surface area contributed by atoms with Crippen molar-refractivity contribution in [2.24, 2.45) is 0 Å². The highest BCUT2D eigenvalue weighted by Gasteiger charge is 2.52. The molecule has 9 heteroatoms. The minimum atomic E-state index is -3.13. The quantitative estimate of drug-likeness (QED) is 0.809. The summed E-state index contributed by atoms with van der Waals surface area (Å²) < 4.78 is 28.4. The molecule has 3 aliphatic rings. The lowest BCUT2D eigenvalue weighted by Crippen LogP contribution is -2.36. The van der Waals surface area contributed by atoms with Crippen LogP contribution in [0.4, 0.5) is 26.1 Å². The molecule has 4 heterocycles. The summed E-state index contributed by atoms with van der Waals surface area (Å²) in [7, 11) is 0. The number of pyridine rings is 1. The Hall–Kier alpha value is -2.68. The molecule has 1 saturated heterocycles. The van der Waals surface area contributed by atoms with Crippen LogP contribution in [0.15, 0.2) is 18.3 Å². The van der Waals surface area contributed by atoms with Gasteiger partial charge in [0.2, 0.25) is 11.7 Å². The average Bonchev–Trinajstić information content (AvgIpc) is 3.34. The Morgan fingerprint density at radius 2 is 2.03 bits per heavy atom. The summed E-state index contributed by atoms with van der Waals surface area (Å²) in [5.74, 6) is -2.87. The highest BCUT2D eigenvalue weighted by molar-refractivity contribution is 5.89. The Kier molecular flexibility index (Phi) is 4.29. The first-order valence-electron chi connectivity index (χ1n) is 10.3. The monoisotopic (exact) mass is 414 g/mol. The molecule has 0 unspecified atom stereocenters. The van der Waals surface area contributed by atoms with E-state index in [9.17, 15) is 13.6 Å². The number of nitrogens with one attached hydrogen (secondary N) is 1. The van der Waals surface area contributed by atoms with Crippen molar-refractivity contribution in [2.75, 3.05) is 29.9 Å². The number of halogens is 2. The molecular formula is C21H24F2N6O. The summed E-state index contributed by atoms with van der Waals surface area (Å²) >= 11 is 0. The van der Waals surface area contributed by atoms with E-state index in [1.54, 1.807) is 6.20 Å². The van der Waals surface area contributed by atoms with E-state index in [-0.39, 0.29) is 11.3 Å². The molecule has 1 aliphatic carbocycles. The summed E-state index contributed by atoms with van der Waals surface area (Å²) in [5.41, 5.74) is 2.55. The number of hydrogen-bond donors (Lipinski definition) is 1. The summed E-state index contributed by atoms with van der Waals surface area (Å²) in [5, 5.41) is 2.71. The van der Waals surface area contributed by atoms with Crippen LogP contribution >= 0.6 is 0 Å². The third-order valence-electron chi connectivity index (χ3n) is 6.13. The summed E-state index contributed by atoms with van der Waals surface area (Å²) in [4.78, 5) is 28.4. The molecule has 2 fully saturated rings. The smallest absolute Gasteiger partial charge is 0.303 e. The van der Waals surface area contributed by atoms with E-state index in [0.717, 1.165) is 50.5 Å². The molecule has 7 nitrogen and oxygen atoms in total. The number of alkyl halides is 2. The minimum absolute atomic E-state index is 0.00539. The van der Waals surface area contributed by atoms with Gasteiger partial charge in [0.05, 0.1) is 11.4 Å². The summed E-state index contributed by atoms with van der Waals surface area (Å²) in [6.45, 7) is 5.38. The third-order valence-corrected chi connectivity index (χ3v) is 6.13. The van der Waals surface area contributed by atoms with E-state index in [1.165, 1.54) is 6.92 Å². The van der Waals surface area contributed by atoms with Gasteiger partial charge in [-0.2, -0.15) is 8.78 Å². The second kappa shape index (κ2) is 6.66. The first-order chi connectivity index (χ1) is 14.2. The van der Waals surface area contributed by atoms with Crippen molar-refractivity contribution in [3.8, 4) is 0 Å². The number of carbonyl (C=O) groups is 1. The molecule has 5 rings (SSSR count). The molecule has 1 spiro atoms. The van der Waals surface area contributed by atoms with Crippen molar-refractivity contribution < 1.29 is 13.6 Å². The number of rotatable bonds is 5. The van der Waals surface area contributed by atoms with Gasteiger partial charge in [0.15, 0.2) is 0 Å². The van der Waals surface area contributed by atoms with Crippen molar-refractivity contribution >= 4 is 23.2 Å². The van der Waals surface area contributed by atoms with Crippen molar-refractivity contribution in [2.45, 2.75) is 51.0 Å². The predicted molar refractivity (Wildman–Crippen MR) is 108 cm³/mol. The number of anilines is 3. The molecule has 0 atom stereocenters. The van der Waals surface area contributed by atoms with Crippen LogP contribution < -0.4 is 10.2 Å². The lowest BCUT2D eigenvalue weighted by molar-refractivity contribution is -0.114. The SMILES string of the molecule is CC(=O)Nc1cc2c(cn1)C1(CC1)CN2c1cc(CN2CCC2)nc(C(C)(F)F)n1. The maximum atomic E-state index is 14.2. The molecule has 30 heavy (non-hydrogen) atoms. The van der Waals surface area contributed by atoms with Gasteiger partial charge < -0.3 is 10.2 Å². The molecule has 0 aromatic carbocycles. The fourth-order valence-electron chi connectivity index (χ4n) is 4.25. The highest BCUT2D eigenvalue weighted by atomic mass is 19.3. The minimum Gasteiger partial charge on any atom is -0.325 e. The molecule has 0 bridgehead atoms. The molecule has 1 saturated carbocycles. The van der Waals surface area contributed by atoms with E-state index in [2.05, 4.69) is 25.2 Å². The lowest BCUT2D eigenvalue weighted by Gasteiger charge is -2.30. The Morgan fingerprint density at radius 1 is 1.27 bits per heavy atom. The van der Waals surface area contributed by atoms with E-state index in [4.69, 9.17) is 0 Å². The van der Waals surface area contributed by atoms with Crippen LogP contribution in [0.1, 0.15) is 50.2 Å². The van der Waals surface area contributed by atoms with Crippen molar-refractivity contribution in [1.29, 1.82) is 0 Å². The predicted octanol–water partition coefficient (Wildman–Crippen LogP) is 3.33. The number of hydrogen-bond acceptors (Lipinski definition) is 6. The topological polar surface area (TPSA) is 74.2 Å². The third kappa shape index (κ3) is 3.40. The molecule has 1 amide bonds. The van der Waals surface area contributed by atoms with Gasteiger partial charge >= 0.3 is 5.92 Å². The number of carbonyl (C=O) groups excluding carboxylic acids is 1. The molecule has 2 aliphatic heterocycles. The van der Waals surface area contributed by atoms with Crippen LogP contribution in [-0.2, 0) is 22.7 Å². The standard InChI is InChI=1S/C21H24F2N6O/c1-13(30)25-17-9-16-15(10-24-17)21(4-5-21)12-29(16)18-8-14(11-28-6-3-7-28)26-19(27-18)20(2,22)23/h8-10H,3-7,11-12H2,1-2H3,(H,24,25,30). The number of aromatic nitrogens is 3. The van der Waals surface area contributed by atoms with Gasteiger partial charge in [-0.05, 0) is 32.4 Å². The van der Waals surface area contributed by atoms with Gasteiger partial charge in [-0.3, -0.25) is 9.69 Å². The zero-order valence-electron chi connectivity index (χ0n) is 17.1. The van der Waals surface area contributed by atoms with Gasteiger partial charge in [0.25, 0.3) is 0 Å². The van der Waals surface area contributed by atoms with Gasteiger partial charge in [0, 0.05) is 56.2 Å². The molecule has 158 valence electrons. The zero-order chi connectivity index (χ0) is 21.1. The number of fused-ring (bicyclic) bond motifs is 2. The average molecular weight is 414 g/mol. The van der Waals surface area contributed by atoms with Gasteiger partial charge in [0.1, 0.15) is 11.6 Å². The van der Waals surface area contributed by atoms with E-state index < -0.39 is 11.7 Å². The Bertz CT molecular complexity index is 1010. The van der Waals surface area contributed by atoms with E-state index in [0.29, 0.717) is 30.4 Å². The largest absolute Gasteiger partial charge is 0.325 e. The molecule has 2 aromatic rings. The van der Waals surface area contributed by atoms with Crippen LogP contribution in [0.25, 0.3) is 0 Å². The summed E-state index contributed by atoms with van der Waals surface area (Å²) in [6, 6.07) is 3.63. The Balaban J connectivity index is 1.56. The van der Waals surface area contributed by atoms with Gasteiger partial charge in [-0.25, -0.2) is 15.0 Å². The first kappa shape index (κ1) is 19.3. The Labute approximate surface area is 173 Å². The number of amides is 1. The van der Waals surface area contributed by atoms with E-state index >= 15 is 0 Å². The summed E-state index contributed by atoms with van der Waals surface area (Å²) in [6.07, 6.45) is 4.97. The highest BCUT2D eigenvalue weighted by Crippen LogP contribution is 2.58. The second-order valence-corrected chi connectivity index (χ2v) is 8.69. The fourth-order valence-corrected chi connectivity index (χ4v) is 4.25. The molecule has 1 N–H and O–H groups in total. The van der Waals surface area contributed by atoms with Gasteiger partial charge in [-0.15, -0.1) is 0 Å². The molecular weight excluding hydrogens is 390 g/mol. The number of likely N-dealkylation sites (tertiary alicyclic amines) is 1. The molecule has 0 radical (unpaired) electrons. The van der Waals surface area contributed by atoms with Crippen LogP contribution in [-0.4, -0.2) is 45.4 Å². The Morgan fingerprint density at radius 3 is 2.63 bits per heavy atom. The van der Waals surface area contributed by atoms with Crippen LogP contribution in [0.2, 0.25) is 0 Å². The van der Waals surface area contributed by atoms with Crippen LogP contribution in [0.5, 0.6) is 0 Å². The normalized spacial score (nSPS) is 19.5. The van der Waals surface area contributed by atoms with Crippen molar-refractivity contribution in [3.63, 3.8) is 0 Å². The van der Waals surface area contributed by atoms with E-state index in [1.807, 2.05) is 17.0 Å². The molecule has 2 aromatic heterocycles. The van der Waals surface area contributed by atoms with Crippen molar-refractivity contribution in [1.82, 2.24) is 19.9 Å². The number of nitrogens with zero attached hydrogens (tertiary/aromatic N) is 5. The van der Waals surface area contributed by atoms with Crippen molar-refractivity contribution in [3.05, 3.63) is 35.4 Å². The second-order valence-electron chi connectivity index (χ2n) is 8.69. The maximum Gasteiger partial charge on any atom is 0.303 e. The van der Waals surface area contributed by atoms with Crippen LogP contribution in [0.3, 0.4) is 0 Å². The maximum absolute atomic E-state index is 14.2. The first-order valence-corrected chi connectivity index (χ1v) is 10.3.